The van der Waals surface area contributed by atoms with Gasteiger partial charge in [0.1, 0.15) is 17.7 Å². The lowest BCUT2D eigenvalue weighted by atomic mass is 10.0. The van der Waals surface area contributed by atoms with E-state index < -0.39 is 46.1 Å². The van der Waals surface area contributed by atoms with Crippen LogP contribution in [-0.2, 0) is 14.8 Å². The van der Waals surface area contributed by atoms with Crippen molar-refractivity contribution in [2.75, 3.05) is 13.1 Å². The summed E-state index contributed by atoms with van der Waals surface area (Å²) >= 11 is 5.84. The molecule has 2 aromatic rings. The first-order valence-electron chi connectivity index (χ1n) is 9.64. The molecule has 0 spiro atoms. The summed E-state index contributed by atoms with van der Waals surface area (Å²) in [4.78, 5) is 12.6. The SMILES string of the molecule is CC(C)(Oc1ccc(Cl)cc1)C(=O)N[C@@H]1CCN(S(=O)(=O)c2ccc(F)cc2)C[C@H]1F. The third kappa shape index (κ3) is 5.53. The van der Waals surface area contributed by atoms with Crippen LogP contribution in [0.15, 0.2) is 53.4 Å². The predicted molar refractivity (Wildman–Crippen MR) is 113 cm³/mol. The summed E-state index contributed by atoms with van der Waals surface area (Å²) in [6.07, 6.45) is -1.52. The maximum atomic E-state index is 14.8. The number of hydrogen-bond donors (Lipinski definition) is 1. The van der Waals surface area contributed by atoms with Gasteiger partial charge in [-0.1, -0.05) is 11.6 Å². The maximum absolute atomic E-state index is 14.8. The second kappa shape index (κ2) is 9.10. The molecule has 1 saturated heterocycles. The van der Waals surface area contributed by atoms with E-state index in [4.69, 9.17) is 16.3 Å². The summed E-state index contributed by atoms with van der Waals surface area (Å²) in [6.45, 7) is 2.71. The van der Waals surface area contributed by atoms with Crippen molar-refractivity contribution in [2.45, 2.75) is 43.0 Å². The van der Waals surface area contributed by atoms with Gasteiger partial charge in [-0.3, -0.25) is 4.79 Å². The van der Waals surface area contributed by atoms with Gasteiger partial charge in [0.05, 0.1) is 10.9 Å². The van der Waals surface area contributed by atoms with E-state index in [1.165, 1.54) is 0 Å². The number of rotatable bonds is 6. The molecule has 1 aliphatic heterocycles. The number of hydrogen-bond acceptors (Lipinski definition) is 4. The zero-order chi connectivity index (χ0) is 22.8. The minimum atomic E-state index is -3.96. The summed E-state index contributed by atoms with van der Waals surface area (Å²) in [7, 11) is -3.96. The van der Waals surface area contributed by atoms with Gasteiger partial charge in [-0.15, -0.1) is 0 Å². The van der Waals surface area contributed by atoms with Gasteiger partial charge in [0, 0.05) is 18.1 Å². The number of alkyl halides is 1. The molecular formula is C21H23ClF2N2O4S. The molecule has 1 amide bonds. The van der Waals surface area contributed by atoms with Crippen LogP contribution in [0.5, 0.6) is 5.75 Å². The molecule has 31 heavy (non-hydrogen) atoms. The second-order valence-corrected chi connectivity index (χ2v) is 10.1. The molecule has 0 aliphatic carbocycles. The van der Waals surface area contributed by atoms with Crippen LogP contribution in [0.4, 0.5) is 8.78 Å². The number of sulfonamides is 1. The van der Waals surface area contributed by atoms with Gasteiger partial charge in [-0.2, -0.15) is 4.31 Å². The minimum Gasteiger partial charge on any atom is -0.478 e. The molecule has 3 rings (SSSR count). The summed E-state index contributed by atoms with van der Waals surface area (Å²) in [6, 6.07) is 9.98. The van der Waals surface area contributed by atoms with Gasteiger partial charge in [-0.05, 0) is 68.8 Å². The third-order valence-corrected chi connectivity index (χ3v) is 7.14. The van der Waals surface area contributed by atoms with Gasteiger partial charge in [0.2, 0.25) is 10.0 Å². The molecular weight excluding hydrogens is 450 g/mol. The average Bonchev–Trinajstić information content (AvgIpc) is 2.71. The Hall–Kier alpha value is -2.23. The van der Waals surface area contributed by atoms with Gasteiger partial charge < -0.3 is 10.1 Å². The van der Waals surface area contributed by atoms with Crippen LogP contribution in [-0.4, -0.2) is 49.5 Å². The number of amides is 1. The maximum Gasteiger partial charge on any atom is 0.263 e. The van der Waals surface area contributed by atoms with E-state index in [2.05, 4.69) is 5.32 Å². The molecule has 0 unspecified atom stereocenters. The van der Waals surface area contributed by atoms with Crippen molar-refractivity contribution in [1.29, 1.82) is 0 Å². The van der Waals surface area contributed by atoms with Crippen LogP contribution in [0.25, 0.3) is 0 Å². The van der Waals surface area contributed by atoms with Crippen LogP contribution in [0, 0.1) is 5.82 Å². The lowest BCUT2D eigenvalue weighted by molar-refractivity contribution is -0.135. The lowest BCUT2D eigenvalue weighted by Crippen LogP contribution is -2.57. The molecule has 0 saturated carbocycles. The quantitative estimate of drug-likeness (QED) is 0.697. The van der Waals surface area contributed by atoms with Crippen molar-refractivity contribution in [3.63, 3.8) is 0 Å². The first-order chi connectivity index (χ1) is 14.5. The molecule has 6 nitrogen and oxygen atoms in total. The molecule has 168 valence electrons. The molecule has 10 heteroatoms. The molecule has 1 heterocycles. The smallest absolute Gasteiger partial charge is 0.263 e. The second-order valence-electron chi connectivity index (χ2n) is 7.77. The van der Waals surface area contributed by atoms with Crippen LogP contribution in [0.1, 0.15) is 20.3 Å². The van der Waals surface area contributed by atoms with Crippen LogP contribution in [0.3, 0.4) is 0 Å². The molecule has 2 atom stereocenters. The fourth-order valence-corrected chi connectivity index (χ4v) is 4.79. The number of benzene rings is 2. The molecule has 0 aromatic heterocycles. The summed E-state index contributed by atoms with van der Waals surface area (Å²) in [5, 5.41) is 3.15. The summed E-state index contributed by atoms with van der Waals surface area (Å²) < 4.78 is 59.9. The normalized spacial score (nSPS) is 20.3. The molecule has 0 bridgehead atoms. The molecule has 1 fully saturated rings. The van der Waals surface area contributed by atoms with E-state index in [0.717, 1.165) is 28.6 Å². The number of halogens is 3. The van der Waals surface area contributed by atoms with E-state index in [9.17, 15) is 22.0 Å². The highest BCUT2D eigenvalue weighted by molar-refractivity contribution is 7.89. The van der Waals surface area contributed by atoms with Gasteiger partial charge in [0.15, 0.2) is 5.60 Å². The Morgan fingerprint density at radius 3 is 2.35 bits per heavy atom. The first-order valence-corrected chi connectivity index (χ1v) is 11.5. The zero-order valence-corrected chi connectivity index (χ0v) is 18.6. The number of carbonyl (C=O) groups is 1. The van der Waals surface area contributed by atoms with Gasteiger partial charge in [-0.25, -0.2) is 17.2 Å². The fourth-order valence-electron chi connectivity index (χ4n) is 3.20. The van der Waals surface area contributed by atoms with Gasteiger partial charge in [0.25, 0.3) is 5.91 Å². The molecule has 2 aromatic carbocycles. The van der Waals surface area contributed by atoms with Crippen LogP contribution < -0.4 is 10.1 Å². The Morgan fingerprint density at radius 2 is 1.77 bits per heavy atom. The largest absolute Gasteiger partial charge is 0.478 e. The minimum absolute atomic E-state index is 0.0174. The summed E-state index contributed by atoms with van der Waals surface area (Å²) in [5.74, 6) is -0.654. The van der Waals surface area contributed by atoms with Crippen molar-refractivity contribution >= 4 is 27.5 Å². The van der Waals surface area contributed by atoms with Crippen LogP contribution >= 0.6 is 11.6 Å². The number of piperidine rings is 1. The standard InChI is InChI=1S/C21H23ClF2N2O4S/c1-21(2,30-16-7-3-14(22)4-8-16)20(27)25-19-11-12-26(13-18(19)24)31(28,29)17-9-5-15(23)6-10-17/h3-10,18-19H,11-13H2,1-2H3,(H,25,27)/t18-,19-/m1/s1. The van der Waals surface area contributed by atoms with E-state index in [-0.39, 0.29) is 17.9 Å². The Bertz CT molecular complexity index is 1030. The highest BCUT2D eigenvalue weighted by Crippen LogP contribution is 2.25. The topological polar surface area (TPSA) is 75.7 Å². The number of nitrogens with one attached hydrogen (secondary N) is 1. The highest BCUT2D eigenvalue weighted by atomic mass is 35.5. The molecule has 1 aliphatic rings. The average molecular weight is 473 g/mol. The van der Waals surface area contributed by atoms with E-state index in [1.54, 1.807) is 38.1 Å². The number of carbonyl (C=O) groups excluding carboxylic acids is 1. The van der Waals surface area contributed by atoms with Crippen LogP contribution in [0.2, 0.25) is 5.02 Å². The van der Waals surface area contributed by atoms with Crippen molar-refractivity contribution in [3.8, 4) is 5.75 Å². The summed E-state index contributed by atoms with van der Waals surface area (Å²) in [5.41, 5.74) is -1.29. The van der Waals surface area contributed by atoms with Gasteiger partial charge >= 0.3 is 0 Å². The van der Waals surface area contributed by atoms with E-state index >= 15 is 0 Å². The van der Waals surface area contributed by atoms with Crippen molar-refractivity contribution in [2.24, 2.45) is 0 Å². The Kier molecular flexibility index (Phi) is 6.88. The van der Waals surface area contributed by atoms with E-state index in [1.807, 2.05) is 0 Å². The molecule has 0 radical (unpaired) electrons. The first kappa shape index (κ1) is 23.4. The molecule has 1 N–H and O–H groups in total. The fraction of sp³-hybridized carbons (Fsp3) is 0.381. The Balaban J connectivity index is 1.62. The lowest BCUT2D eigenvalue weighted by Gasteiger charge is -2.36. The van der Waals surface area contributed by atoms with E-state index in [0.29, 0.717) is 10.8 Å². The van der Waals surface area contributed by atoms with Crippen molar-refractivity contribution in [1.82, 2.24) is 9.62 Å². The highest BCUT2D eigenvalue weighted by Gasteiger charge is 2.39. The third-order valence-electron chi connectivity index (χ3n) is 5.01. The van der Waals surface area contributed by atoms with Crippen molar-refractivity contribution < 1.29 is 26.7 Å². The number of nitrogens with zero attached hydrogens (tertiary/aromatic N) is 1. The van der Waals surface area contributed by atoms with Crippen molar-refractivity contribution in [3.05, 3.63) is 59.4 Å². The predicted octanol–water partition coefficient (Wildman–Crippen LogP) is 3.55. The monoisotopic (exact) mass is 472 g/mol. The Labute approximate surface area is 185 Å². The Morgan fingerprint density at radius 1 is 1.16 bits per heavy atom. The zero-order valence-electron chi connectivity index (χ0n) is 17.0. The number of ether oxygens (including phenoxy) is 1.